The van der Waals surface area contributed by atoms with Crippen LogP contribution in [0, 0.1) is 6.92 Å². The van der Waals surface area contributed by atoms with E-state index in [0.717, 1.165) is 11.1 Å². The third kappa shape index (κ3) is 3.05. The van der Waals surface area contributed by atoms with Gasteiger partial charge in [0.2, 0.25) is 5.91 Å². The number of aryl methyl sites for hydroxylation is 2. The third-order valence-electron chi connectivity index (χ3n) is 3.24. The highest BCUT2D eigenvalue weighted by Gasteiger charge is 2.16. The quantitative estimate of drug-likeness (QED) is 0.898. The number of hydrogen-bond acceptors (Lipinski definition) is 3. The van der Waals surface area contributed by atoms with E-state index >= 15 is 0 Å². The fourth-order valence-corrected chi connectivity index (χ4v) is 2.51. The van der Waals surface area contributed by atoms with E-state index in [4.69, 9.17) is 0 Å². The number of aromatic carboxylic acids is 1. The van der Waals surface area contributed by atoms with Crippen molar-refractivity contribution in [2.45, 2.75) is 6.92 Å². The van der Waals surface area contributed by atoms with Gasteiger partial charge in [-0.05, 0) is 38.7 Å². The maximum Gasteiger partial charge on any atom is 0.337 e. The fraction of sp³-hybridized carbons (Fsp3) is 0.333. The number of aromatic nitrogens is 1. The molecule has 6 nitrogen and oxygen atoms in total. The SMILES string of the molecule is Cc1cc(NC(=O)CN(C)C)cc2c(C(=O)O)cn(C)c12. The lowest BCUT2D eigenvalue weighted by Crippen LogP contribution is -2.27. The molecule has 0 spiro atoms. The summed E-state index contributed by atoms with van der Waals surface area (Å²) in [5.41, 5.74) is 2.63. The van der Waals surface area contributed by atoms with Crippen molar-refractivity contribution < 1.29 is 14.7 Å². The zero-order valence-corrected chi connectivity index (χ0v) is 12.6. The molecule has 0 saturated carbocycles. The number of carboxylic acids is 1. The largest absolute Gasteiger partial charge is 0.478 e. The fourth-order valence-electron chi connectivity index (χ4n) is 2.51. The monoisotopic (exact) mass is 289 g/mol. The number of benzene rings is 1. The van der Waals surface area contributed by atoms with Crippen LogP contribution in [0.3, 0.4) is 0 Å². The number of fused-ring (bicyclic) bond motifs is 1. The van der Waals surface area contributed by atoms with Gasteiger partial charge >= 0.3 is 5.97 Å². The lowest BCUT2D eigenvalue weighted by molar-refractivity contribution is -0.116. The first-order valence-electron chi connectivity index (χ1n) is 6.57. The number of nitrogens with one attached hydrogen (secondary N) is 1. The Kier molecular flexibility index (Phi) is 3.99. The van der Waals surface area contributed by atoms with E-state index in [1.165, 1.54) is 0 Å². The van der Waals surface area contributed by atoms with E-state index in [2.05, 4.69) is 5.32 Å². The molecule has 1 amide bonds. The van der Waals surface area contributed by atoms with Crippen LogP contribution in [0.1, 0.15) is 15.9 Å². The number of likely N-dealkylation sites (N-methyl/N-ethyl adjacent to an activating group) is 1. The van der Waals surface area contributed by atoms with E-state index in [0.29, 0.717) is 11.1 Å². The Morgan fingerprint density at radius 2 is 2.00 bits per heavy atom. The van der Waals surface area contributed by atoms with Crippen LogP contribution in [0.4, 0.5) is 5.69 Å². The number of hydrogen-bond donors (Lipinski definition) is 2. The molecule has 0 unspecified atom stereocenters. The number of carboxylic acid groups (broad SMARTS) is 1. The van der Waals surface area contributed by atoms with Crippen LogP contribution in [0.25, 0.3) is 10.9 Å². The van der Waals surface area contributed by atoms with Crippen LogP contribution in [0.2, 0.25) is 0 Å². The summed E-state index contributed by atoms with van der Waals surface area (Å²) in [6.45, 7) is 2.17. The smallest absolute Gasteiger partial charge is 0.337 e. The van der Waals surface area contributed by atoms with Crippen molar-refractivity contribution in [2.24, 2.45) is 7.05 Å². The summed E-state index contributed by atoms with van der Waals surface area (Å²) in [7, 11) is 5.44. The van der Waals surface area contributed by atoms with Crippen LogP contribution >= 0.6 is 0 Å². The van der Waals surface area contributed by atoms with Crippen molar-refractivity contribution in [1.82, 2.24) is 9.47 Å². The van der Waals surface area contributed by atoms with Crippen LogP contribution < -0.4 is 5.32 Å². The number of amides is 1. The van der Waals surface area contributed by atoms with E-state index in [-0.39, 0.29) is 18.0 Å². The molecule has 0 aliphatic rings. The molecule has 0 atom stereocenters. The van der Waals surface area contributed by atoms with Crippen molar-refractivity contribution in [1.29, 1.82) is 0 Å². The second-order valence-electron chi connectivity index (χ2n) is 5.43. The van der Waals surface area contributed by atoms with Gasteiger partial charge in [0.1, 0.15) is 0 Å². The lowest BCUT2D eigenvalue weighted by atomic mass is 10.1. The molecule has 6 heteroatoms. The van der Waals surface area contributed by atoms with Gasteiger partial charge in [-0.15, -0.1) is 0 Å². The molecule has 21 heavy (non-hydrogen) atoms. The molecule has 2 rings (SSSR count). The second kappa shape index (κ2) is 5.57. The molecule has 0 aliphatic heterocycles. The van der Waals surface area contributed by atoms with Crippen molar-refractivity contribution in [2.75, 3.05) is 26.0 Å². The summed E-state index contributed by atoms with van der Waals surface area (Å²) in [6.07, 6.45) is 1.59. The minimum absolute atomic E-state index is 0.133. The van der Waals surface area contributed by atoms with Crippen molar-refractivity contribution in [3.63, 3.8) is 0 Å². The third-order valence-corrected chi connectivity index (χ3v) is 3.24. The second-order valence-corrected chi connectivity index (χ2v) is 5.43. The maximum absolute atomic E-state index is 11.8. The molecule has 0 bridgehead atoms. The maximum atomic E-state index is 11.8. The van der Waals surface area contributed by atoms with Crippen LogP contribution in [0.15, 0.2) is 18.3 Å². The average molecular weight is 289 g/mol. The van der Waals surface area contributed by atoms with Gasteiger partial charge in [0.15, 0.2) is 0 Å². The highest BCUT2D eigenvalue weighted by molar-refractivity contribution is 6.06. The number of carbonyl (C=O) groups excluding carboxylic acids is 1. The predicted molar refractivity (Wildman–Crippen MR) is 81.8 cm³/mol. The summed E-state index contributed by atoms with van der Waals surface area (Å²) in [5, 5.41) is 12.7. The first-order valence-corrected chi connectivity index (χ1v) is 6.57. The molecular weight excluding hydrogens is 270 g/mol. The molecular formula is C15H19N3O3. The standard InChI is InChI=1S/C15H19N3O3/c1-9-5-10(16-13(19)8-17(2)3)6-11-12(15(20)21)7-18(4)14(9)11/h5-7H,8H2,1-4H3,(H,16,19)(H,20,21). The molecule has 1 aromatic carbocycles. The van der Waals surface area contributed by atoms with E-state index < -0.39 is 5.97 Å². The summed E-state index contributed by atoms with van der Waals surface area (Å²) < 4.78 is 1.79. The minimum atomic E-state index is -0.975. The van der Waals surface area contributed by atoms with E-state index in [1.807, 2.05) is 34.1 Å². The van der Waals surface area contributed by atoms with Crippen LogP contribution in [-0.4, -0.2) is 47.1 Å². The number of nitrogens with zero attached hydrogens (tertiary/aromatic N) is 2. The highest BCUT2D eigenvalue weighted by Crippen LogP contribution is 2.27. The lowest BCUT2D eigenvalue weighted by Gasteiger charge is -2.11. The highest BCUT2D eigenvalue weighted by atomic mass is 16.4. The Labute approximate surface area is 123 Å². The Morgan fingerprint density at radius 1 is 1.33 bits per heavy atom. The van der Waals surface area contributed by atoms with Gasteiger partial charge in [-0.3, -0.25) is 4.79 Å². The molecule has 2 N–H and O–H groups in total. The Hall–Kier alpha value is -2.34. The summed E-state index contributed by atoms with van der Waals surface area (Å²) in [4.78, 5) is 24.9. The minimum Gasteiger partial charge on any atom is -0.478 e. The zero-order valence-electron chi connectivity index (χ0n) is 12.6. The van der Waals surface area contributed by atoms with E-state index in [1.54, 1.807) is 21.7 Å². The first kappa shape index (κ1) is 15.1. The summed E-state index contributed by atoms with van der Waals surface area (Å²) in [5.74, 6) is -1.11. The Balaban J connectivity index is 2.46. The van der Waals surface area contributed by atoms with Gasteiger partial charge in [-0.1, -0.05) is 0 Å². The number of carbonyl (C=O) groups is 2. The van der Waals surface area contributed by atoms with Gasteiger partial charge in [0.25, 0.3) is 0 Å². The Morgan fingerprint density at radius 3 is 2.57 bits per heavy atom. The summed E-state index contributed by atoms with van der Waals surface area (Å²) in [6, 6.07) is 3.56. The van der Waals surface area contributed by atoms with Gasteiger partial charge in [-0.25, -0.2) is 4.79 Å². The van der Waals surface area contributed by atoms with E-state index in [9.17, 15) is 14.7 Å². The van der Waals surface area contributed by atoms with Gasteiger partial charge in [0, 0.05) is 24.3 Å². The molecule has 0 saturated heterocycles. The number of anilines is 1. The molecule has 0 aliphatic carbocycles. The van der Waals surface area contributed by atoms with Crippen LogP contribution in [0.5, 0.6) is 0 Å². The van der Waals surface area contributed by atoms with Gasteiger partial charge in [0.05, 0.1) is 17.6 Å². The van der Waals surface area contributed by atoms with Crippen molar-refractivity contribution in [3.8, 4) is 0 Å². The predicted octanol–water partition coefficient (Wildman–Crippen LogP) is 1.69. The molecule has 0 radical (unpaired) electrons. The number of rotatable bonds is 4. The first-order chi connectivity index (χ1) is 9.79. The normalized spacial score (nSPS) is 11.1. The average Bonchev–Trinajstić information content (AvgIpc) is 2.65. The zero-order chi connectivity index (χ0) is 15.7. The van der Waals surface area contributed by atoms with Gasteiger partial charge < -0.3 is 19.9 Å². The van der Waals surface area contributed by atoms with Gasteiger partial charge in [-0.2, -0.15) is 0 Å². The van der Waals surface area contributed by atoms with Crippen molar-refractivity contribution >= 4 is 28.5 Å². The summed E-state index contributed by atoms with van der Waals surface area (Å²) >= 11 is 0. The molecule has 1 aromatic heterocycles. The van der Waals surface area contributed by atoms with Crippen molar-refractivity contribution in [3.05, 3.63) is 29.5 Å². The molecule has 2 aromatic rings. The Bertz CT molecular complexity index is 717. The molecule has 1 heterocycles. The molecule has 112 valence electrons. The molecule has 0 fully saturated rings. The van der Waals surface area contributed by atoms with Crippen LogP contribution in [-0.2, 0) is 11.8 Å². The topological polar surface area (TPSA) is 74.6 Å².